The normalized spacial score (nSPS) is 16.1. The predicted octanol–water partition coefficient (Wildman–Crippen LogP) is 1.51. The maximum absolute atomic E-state index is 11.9. The molecule has 1 aliphatic rings. The van der Waals surface area contributed by atoms with Crippen LogP contribution in [0, 0.1) is 6.92 Å². The number of nitrogens with two attached hydrogens (primary N) is 1. The molecular formula is C13H19N3O2. The van der Waals surface area contributed by atoms with Crippen LogP contribution in [-0.4, -0.2) is 36.1 Å². The van der Waals surface area contributed by atoms with Crippen LogP contribution in [0.2, 0.25) is 0 Å². The third-order valence-corrected chi connectivity index (χ3v) is 3.14. The number of hydrogen-bond donors (Lipinski definition) is 1. The second kappa shape index (κ2) is 5.27. The first kappa shape index (κ1) is 12.7. The Balaban J connectivity index is 2.17. The second-order valence-electron chi connectivity index (χ2n) is 4.57. The molecule has 2 N–H and O–H groups in total. The molecule has 1 fully saturated rings. The average molecular weight is 249 g/mol. The van der Waals surface area contributed by atoms with Crippen molar-refractivity contribution >= 4 is 6.03 Å². The summed E-state index contributed by atoms with van der Waals surface area (Å²) in [7, 11) is 1.64. The number of ether oxygens (including phenoxy) is 1. The van der Waals surface area contributed by atoms with Gasteiger partial charge in [-0.15, -0.1) is 0 Å². The van der Waals surface area contributed by atoms with Crippen LogP contribution in [0.4, 0.5) is 4.79 Å². The maximum atomic E-state index is 11.9. The molecule has 0 bridgehead atoms. The van der Waals surface area contributed by atoms with Gasteiger partial charge in [-0.2, -0.15) is 0 Å². The third-order valence-electron chi connectivity index (χ3n) is 3.14. The molecule has 1 aliphatic heterocycles. The van der Waals surface area contributed by atoms with Gasteiger partial charge >= 0.3 is 6.03 Å². The molecule has 1 aromatic carbocycles. The molecule has 1 saturated heterocycles. The highest BCUT2D eigenvalue weighted by molar-refractivity contribution is 5.74. The minimum atomic E-state index is -0.121. The van der Waals surface area contributed by atoms with E-state index in [4.69, 9.17) is 10.6 Å². The summed E-state index contributed by atoms with van der Waals surface area (Å²) >= 11 is 0. The zero-order valence-electron chi connectivity index (χ0n) is 10.8. The van der Waals surface area contributed by atoms with Crippen LogP contribution in [0.5, 0.6) is 5.75 Å². The molecule has 0 saturated carbocycles. The number of aryl methyl sites for hydroxylation is 1. The van der Waals surface area contributed by atoms with Crippen molar-refractivity contribution in [3.63, 3.8) is 0 Å². The Morgan fingerprint density at radius 1 is 1.39 bits per heavy atom. The molecule has 18 heavy (non-hydrogen) atoms. The first-order valence-corrected chi connectivity index (χ1v) is 6.06. The van der Waals surface area contributed by atoms with Gasteiger partial charge in [-0.05, 0) is 19.4 Å². The number of carbonyl (C=O) groups is 1. The standard InChI is InChI=1S/C13H19N3O2/c1-10-4-5-12(18-2)11(8-10)9-15-6-3-7-16(14)13(15)17/h4-5,8H,3,6-7,9,14H2,1-2H3. The lowest BCUT2D eigenvalue weighted by Gasteiger charge is -2.33. The Bertz CT molecular complexity index is 448. The smallest absolute Gasteiger partial charge is 0.334 e. The summed E-state index contributed by atoms with van der Waals surface area (Å²) in [5, 5.41) is 1.27. The van der Waals surface area contributed by atoms with Crippen LogP contribution < -0.4 is 10.6 Å². The highest BCUT2D eigenvalue weighted by Gasteiger charge is 2.24. The number of rotatable bonds is 3. The van der Waals surface area contributed by atoms with Crippen LogP contribution in [0.1, 0.15) is 17.5 Å². The quantitative estimate of drug-likeness (QED) is 0.652. The lowest BCUT2D eigenvalue weighted by Crippen LogP contribution is -2.52. The molecule has 98 valence electrons. The summed E-state index contributed by atoms with van der Waals surface area (Å²) in [4.78, 5) is 13.7. The van der Waals surface area contributed by atoms with Crippen molar-refractivity contribution in [1.82, 2.24) is 9.91 Å². The Labute approximate surface area is 107 Å². The summed E-state index contributed by atoms with van der Waals surface area (Å²) in [6.07, 6.45) is 0.899. The zero-order chi connectivity index (χ0) is 13.1. The Kier molecular flexibility index (Phi) is 3.72. The van der Waals surface area contributed by atoms with Gasteiger partial charge in [-0.25, -0.2) is 10.6 Å². The summed E-state index contributed by atoms with van der Waals surface area (Å²) in [6, 6.07) is 5.85. The number of methoxy groups -OCH3 is 1. The number of urea groups is 1. The van der Waals surface area contributed by atoms with E-state index in [0.717, 1.165) is 29.8 Å². The highest BCUT2D eigenvalue weighted by atomic mass is 16.5. The fourth-order valence-electron chi connectivity index (χ4n) is 2.19. The fourth-order valence-corrected chi connectivity index (χ4v) is 2.19. The van der Waals surface area contributed by atoms with Crippen molar-refractivity contribution in [2.24, 2.45) is 5.84 Å². The summed E-state index contributed by atoms with van der Waals surface area (Å²) in [5.41, 5.74) is 2.17. The number of carbonyl (C=O) groups excluding carboxylic acids is 1. The van der Waals surface area contributed by atoms with Gasteiger partial charge in [0.2, 0.25) is 0 Å². The van der Waals surface area contributed by atoms with E-state index in [1.54, 1.807) is 12.0 Å². The molecule has 0 atom stereocenters. The fraction of sp³-hybridized carbons (Fsp3) is 0.462. The van der Waals surface area contributed by atoms with E-state index in [1.165, 1.54) is 5.01 Å². The van der Waals surface area contributed by atoms with E-state index in [1.807, 2.05) is 25.1 Å². The van der Waals surface area contributed by atoms with Gasteiger partial charge in [-0.1, -0.05) is 17.7 Å². The second-order valence-corrected chi connectivity index (χ2v) is 4.57. The molecule has 0 aliphatic carbocycles. The number of hydrogen-bond acceptors (Lipinski definition) is 3. The minimum absolute atomic E-state index is 0.121. The predicted molar refractivity (Wildman–Crippen MR) is 69.0 cm³/mol. The van der Waals surface area contributed by atoms with Crippen LogP contribution >= 0.6 is 0 Å². The van der Waals surface area contributed by atoms with E-state index in [9.17, 15) is 4.79 Å². The van der Waals surface area contributed by atoms with Gasteiger partial charge < -0.3 is 9.64 Å². The minimum Gasteiger partial charge on any atom is -0.496 e. The molecule has 5 heteroatoms. The molecule has 1 aromatic rings. The van der Waals surface area contributed by atoms with Gasteiger partial charge in [0.1, 0.15) is 5.75 Å². The molecule has 2 amide bonds. The summed E-state index contributed by atoms with van der Waals surface area (Å²) in [6.45, 7) is 3.93. The highest BCUT2D eigenvalue weighted by Crippen LogP contribution is 2.22. The van der Waals surface area contributed by atoms with Gasteiger partial charge in [0.15, 0.2) is 0 Å². The van der Waals surface area contributed by atoms with E-state index in [2.05, 4.69) is 0 Å². The van der Waals surface area contributed by atoms with Crippen LogP contribution in [0.25, 0.3) is 0 Å². The van der Waals surface area contributed by atoms with Crippen molar-refractivity contribution in [3.05, 3.63) is 29.3 Å². The van der Waals surface area contributed by atoms with Crippen molar-refractivity contribution < 1.29 is 9.53 Å². The molecule has 5 nitrogen and oxygen atoms in total. The topological polar surface area (TPSA) is 58.8 Å². The van der Waals surface area contributed by atoms with E-state index in [0.29, 0.717) is 13.1 Å². The maximum Gasteiger partial charge on any atom is 0.334 e. The lowest BCUT2D eigenvalue weighted by atomic mass is 10.1. The molecular weight excluding hydrogens is 230 g/mol. The van der Waals surface area contributed by atoms with Crippen LogP contribution in [0.15, 0.2) is 18.2 Å². The number of benzene rings is 1. The monoisotopic (exact) mass is 249 g/mol. The van der Waals surface area contributed by atoms with Crippen molar-refractivity contribution in [1.29, 1.82) is 0 Å². The first-order valence-electron chi connectivity index (χ1n) is 6.06. The van der Waals surface area contributed by atoms with Crippen LogP contribution in [-0.2, 0) is 6.54 Å². The van der Waals surface area contributed by atoms with Crippen molar-refractivity contribution in [2.75, 3.05) is 20.2 Å². The SMILES string of the molecule is COc1ccc(C)cc1CN1CCCN(N)C1=O. The van der Waals surface area contributed by atoms with Crippen LogP contribution in [0.3, 0.4) is 0 Å². The molecule has 0 spiro atoms. The third kappa shape index (κ3) is 2.56. The van der Waals surface area contributed by atoms with Gasteiger partial charge in [0.05, 0.1) is 13.7 Å². The molecule has 1 heterocycles. The first-order chi connectivity index (χ1) is 8.61. The molecule has 0 unspecified atom stereocenters. The largest absolute Gasteiger partial charge is 0.496 e. The van der Waals surface area contributed by atoms with Gasteiger partial charge in [-0.3, -0.25) is 5.01 Å². The number of amides is 2. The zero-order valence-corrected chi connectivity index (χ0v) is 10.8. The molecule has 0 aromatic heterocycles. The van der Waals surface area contributed by atoms with Crippen molar-refractivity contribution in [2.45, 2.75) is 19.9 Å². The average Bonchev–Trinajstić information content (AvgIpc) is 2.35. The summed E-state index contributed by atoms with van der Waals surface area (Å²) in [5.74, 6) is 6.44. The van der Waals surface area contributed by atoms with Crippen molar-refractivity contribution in [3.8, 4) is 5.75 Å². The Morgan fingerprint density at radius 2 is 2.17 bits per heavy atom. The lowest BCUT2D eigenvalue weighted by molar-refractivity contribution is 0.126. The Morgan fingerprint density at radius 3 is 2.89 bits per heavy atom. The van der Waals surface area contributed by atoms with E-state index < -0.39 is 0 Å². The molecule has 0 radical (unpaired) electrons. The van der Waals surface area contributed by atoms with E-state index >= 15 is 0 Å². The summed E-state index contributed by atoms with van der Waals surface area (Å²) < 4.78 is 5.32. The van der Waals surface area contributed by atoms with Gasteiger partial charge in [0.25, 0.3) is 0 Å². The number of hydrazine groups is 1. The Hall–Kier alpha value is -1.75. The number of nitrogens with zero attached hydrogens (tertiary/aromatic N) is 2. The van der Waals surface area contributed by atoms with Gasteiger partial charge in [0, 0.05) is 18.7 Å². The molecule has 2 rings (SSSR count). The van der Waals surface area contributed by atoms with E-state index in [-0.39, 0.29) is 6.03 Å².